The van der Waals surface area contributed by atoms with Gasteiger partial charge < -0.3 is 15.2 Å². The molecule has 0 atom stereocenters. The van der Waals surface area contributed by atoms with Gasteiger partial charge in [0.15, 0.2) is 0 Å². The van der Waals surface area contributed by atoms with Gasteiger partial charge in [-0.2, -0.15) is 0 Å². The fourth-order valence-electron chi connectivity index (χ4n) is 1.89. The number of ether oxygens (including phenoxy) is 1. The third-order valence-corrected chi connectivity index (χ3v) is 2.77. The lowest BCUT2D eigenvalue weighted by atomic mass is 10.1. The van der Waals surface area contributed by atoms with E-state index in [2.05, 4.69) is 12.2 Å². The second-order valence-electron chi connectivity index (χ2n) is 4.49. The van der Waals surface area contributed by atoms with E-state index in [4.69, 9.17) is 9.84 Å². The summed E-state index contributed by atoms with van der Waals surface area (Å²) in [7, 11) is 3.43. The molecule has 0 saturated carbocycles. The summed E-state index contributed by atoms with van der Waals surface area (Å²) in [6, 6.07) is 5.99. The van der Waals surface area contributed by atoms with E-state index in [0.29, 0.717) is 6.54 Å². The number of aliphatic carboxylic acids is 1. The Bertz CT molecular complexity index is 421. The Balaban J connectivity index is 2.73. The molecule has 1 aromatic carbocycles. The molecular weight excluding hydrogens is 244 g/mol. The van der Waals surface area contributed by atoms with Crippen molar-refractivity contribution in [3.63, 3.8) is 0 Å². The molecule has 0 radical (unpaired) electrons. The number of hydrogen-bond acceptors (Lipinski definition) is 4. The highest BCUT2D eigenvalue weighted by Crippen LogP contribution is 2.20. The average Bonchev–Trinajstić information content (AvgIpc) is 2.36. The van der Waals surface area contributed by atoms with Crippen molar-refractivity contribution in [2.24, 2.45) is 0 Å². The Morgan fingerprint density at radius 1 is 1.47 bits per heavy atom. The standard InChI is InChI=1S/C14H22N2O3/c1-4-15-8-12-6-5-11(7-13(12)19-3)9-16(2)10-14(17)18/h5-7,15H,4,8-10H2,1-3H3,(H,17,18). The molecule has 0 bridgehead atoms. The molecule has 5 heteroatoms. The molecule has 0 unspecified atom stereocenters. The van der Waals surface area contributed by atoms with Crippen LogP contribution in [0.25, 0.3) is 0 Å². The van der Waals surface area contributed by atoms with Gasteiger partial charge in [-0.05, 0) is 25.2 Å². The monoisotopic (exact) mass is 266 g/mol. The Kier molecular flexibility index (Phi) is 6.32. The van der Waals surface area contributed by atoms with Crippen LogP contribution < -0.4 is 10.1 Å². The number of benzene rings is 1. The molecule has 0 heterocycles. The molecule has 1 aromatic rings. The molecule has 5 nitrogen and oxygen atoms in total. The summed E-state index contributed by atoms with van der Waals surface area (Å²) in [6.07, 6.45) is 0. The normalized spacial score (nSPS) is 10.7. The maximum absolute atomic E-state index is 10.6. The van der Waals surface area contributed by atoms with Crippen LogP contribution in [0.3, 0.4) is 0 Å². The zero-order valence-corrected chi connectivity index (χ0v) is 11.8. The molecule has 0 aliphatic rings. The minimum absolute atomic E-state index is 0.0292. The lowest BCUT2D eigenvalue weighted by Gasteiger charge is -2.16. The van der Waals surface area contributed by atoms with Gasteiger partial charge in [-0.15, -0.1) is 0 Å². The van der Waals surface area contributed by atoms with Crippen LogP contribution in [-0.2, 0) is 17.9 Å². The molecule has 0 saturated heterocycles. The van der Waals surface area contributed by atoms with E-state index < -0.39 is 5.97 Å². The first-order valence-electron chi connectivity index (χ1n) is 6.33. The third-order valence-electron chi connectivity index (χ3n) is 2.77. The first kappa shape index (κ1) is 15.5. The molecular formula is C14H22N2O3. The minimum atomic E-state index is -0.821. The predicted octanol–water partition coefficient (Wildman–Crippen LogP) is 1.32. The lowest BCUT2D eigenvalue weighted by molar-refractivity contribution is -0.138. The van der Waals surface area contributed by atoms with Gasteiger partial charge in [0.05, 0.1) is 13.7 Å². The molecule has 0 aliphatic carbocycles. The number of carbonyl (C=O) groups is 1. The molecule has 106 valence electrons. The third kappa shape index (κ3) is 5.28. The predicted molar refractivity (Wildman–Crippen MR) is 74.3 cm³/mol. The summed E-state index contributed by atoms with van der Waals surface area (Å²) in [5, 5.41) is 12.0. The van der Waals surface area contributed by atoms with Crippen molar-refractivity contribution in [1.82, 2.24) is 10.2 Å². The number of carboxylic acids is 1. The van der Waals surface area contributed by atoms with Crippen molar-refractivity contribution in [3.05, 3.63) is 29.3 Å². The topological polar surface area (TPSA) is 61.8 Å². The summed E-state index contributed by atoms with van der Waals surface area (Å²) < 4.78 is 5.37. The zero-order chi connectivity index (χ0) is 14.3. The zero-order valence-electron chi connectivity index (χ0n) is 11.8. The van der Waals surface area contributed by atoms with Crippen LogP contribution >= 0.6 is 0 Å². The van der Waals surface area contributed by atoms with Crippen LogP contribution in [0, 0.1) is 0 Å². The number of likely N-dealkylation sites (N-methyl/N-ethyl adjacent to an activating group) is 1. The number of nitrogens with one attached hydrogen (secondary N) is 1. The van der Waals surface area contributed by atoms with Crippen molar-refractivity contribution in [2.75, 3.05) is 27.2 Å². The van der Waals surface area contributed by atoms with Gasteiger partial charge in [-0.1, -0.05) is 19.1 Å². The number of hydrogen-bond donors (Lipinski definition) is 2. The summed E-state index contributed by atoms with van der Waals surface area (Å²) in [4.78, 5) is 12.4. The van der Waals surface area contributed by atoms with Crippen molar-refractivity contribution in [3.8, 4) is 5.75 Å². The molecule has 1 rings (SSSR count). The number of nitrogens with zero attached hydrogens (tertiary/aromatic N) is 1. The summed E-state index contributed by atoms with van der Waals surface area (Å²) in [5.74, 6) is 0.0143. The molecule has 0 spiro atoms. The van der Waals surface area contributed by atoms with Gasteiger partial charge in [0.2, 0.25) is 0 Å². The summed E-state index contributed by atoms with van der Waals surface area (Å²) >= 11 is 0. The van der Waals surface area contributed by atoms with Crippen molar-refractivity contribution >= 4 is 5.97 Å². The van der Waals surface area contributed by atoms with Crippen LogP contribution in [0.15, 0.2) is 18.2 Å². The van der Waals surface area contributed by atoms with Crippen LogP contribution in [0.1, 0.15) is 18.1 Å². The SMILES string of the molecule is CCNCc1ccc(CN(C)CC(=O)O)cc1OC. The maximum Gasteiger partial charge on any atom is 0.317 e. The van der Waals surface area contributed by atoms with E-state index in [1.54, 1.807) is 19.1 Å². The van der Waals surface area contributed by atoms with Gasteiger partial charge in [0.25, 0.3) is 0 Å². The molecule has 0 aliphatic heterocycles. The minimum Gasteiger partial charge on any atom is -0.496 e. The van der Waals surface area contributed by atoms with Gasteiger partial charge in [-0.25, -0.2) is 0 Å². The van der Waals surface area contributed by atoms with Crippen molar-refractivity contribution in [1.29, 1.82) is 0 Å². The van der Waals surface area contributed by atoms with Gasteiger partial charge in [-0.3, -0.25) is 9.69 Å². The Labute approximate surface area is 114 Å². The quantitative estimate of drug-likeness (QED) is 0.743. The first-order valence-corrected chi connectivity index (χ1v) is 6.33. The van der Waals surface area contributed by atoms with E-state index in [1.807, 2.05) is 18.2 Å². The van der Waals surface area contributed by atoms with Crippen LogP contribution in [0.4, 0.5) is 0 Å². The molecule has 0 fully saturated rings. The number of carboxylic acid groups (broad SMARTS) is 1. The summed E-state index contributed by atoms with van der Waals surface area (Å²) in [5.41, 5.74) is 2.15. The van der Waals surface area contributed by atoms with E-state index in [0.717, 1.165) is 30.0 Å². The molecule has 19 heavy (non-hydrogen) atoms. The van der Waals surface area contributed by atoms with Crippen molar-refractivity contribution in [2.45, 2.75) is 20.0 Å². The fraction of sp³-hybridized carbons (Fsp3) is 0.500. The van der Waals surface area contributed by atoms with E-state index >= 15 is 0 Å². The summed E-state index contributed by atoms with van der Waals surface area (Å²) in [6.45, 7) is 4.35. The van der Waals surface area contributed by atoms with Crippen LogP contribution in [-0.4, -0.2) is 43.2 Å². The number of rotatable bonds is 8. The highest BCUT2D eigenvalue weighted by molar-refractivity contribution is 5.69. The Morgan fingerprint density at radius 2 is 2.21 bits per heavy atom. The molecule has 2 N–H and O–H groups in total. The fourth-order valence-corrected chi connectivity index (χ4v) is 1.89. The lowest BCUT2D eigenvalue weighted by Crippen LogP contribution is -2.25. The Morgan fingerprint density at radius 3 is 2.79 bits per heavy atom. The Hall–Kier alpha value is -1.59. The maximum atomic E-state index is 10.6. The van der Waals surface area contributed by atoms with Gasteiger partial charge in [0.1, 0.15) is 5.75 Å². The van der Waals surface area contributed by atoms with Crippen LogP contribution in [0.5, 0.6) is 5.75 Å². The average molecular weight is 266 g/mol. The van der Waals surface area contributed by atoms with Gasteiger partial charge >= 0.3 is 5.97 Å². The molecule has 0 aromatic heterocycles. The highest BCUT2D eigenvalue weighted by Gasteiger charge is 2.08. The molecule has 0 amide bonds. The second kappa shape index (κ2) is 7.76. The van der Waals surface area contributed by atoms with Crippen molar-refractivity contribution < 1.29 is 14.6 Å². The largest absolute Gasteiger partial charge is 0.496 e. The first-order chi connectivity index (χ1) is 9.06. The smallest absolute Gasteiger partial charge is 0.317 e. The van der Waals surface area contributed by atoms with Crippen LogP contribution in [0.2, 0.25) is 0 Å². The van der Waals surface area contributed by atoms with Gasteiger partial charge in [0, 0.05) is 18.7 Å². The second-order valence-corrected chi connectivity index (χ2v) is 4.49. The van der Waals surface area contributed by atoms with E-state index in [-0.39, 0.29) is 6.54 Å². The highest BCUT2D eigenvalue weighted by atomic mass is 16.5. The number of methoxy groups -OCH3 is 1. The van der Waals surface area contributed by atoms with E-state index in [9.17, 15) is 4.79 Å². The van der Waals surface area contributed by atoms with E-state index in [1.165, 1.54) is 0 Å².